The van der Waals surface area contributed by atoms with Gasteiger partial charge in [-0.1, -0.05) is 12.1 Å². The predicted octanol–water partition coefficient (Wildman–Crippen LogP) is 4.10. The van der Waals surface area contributed by atoms with Crippen molar-refractivity contribution in [1.82, 2.24) is 14.8 Å². The van der Waals surface area contributed by atoms with E-state index in [1.807, 2.05) is 0 Å². The zero-order chi connectivity index (χ0) is 22.6. The molecule has 0 aliphatic rings. The molecule has 162 valence electrons. The number of para-hydroxylation sites is 2. The van der Waals surface area contributed by atoms with Crippen molar-refractivity contribution in [2.24, 2.45) is 7.05 Å². The number of carbonyl (C=O) groups excluding carboxylic acids is 1. The molecule has 1 heterocycles. The van der Waals surface area contributed by atoms with Crippen molar-refractivity contribution < 1.29 is 22.9 Å². The fourth-order valence-electron chi connectivity index (χ4n) is 2.49. The van der Waals surface area contributed by atoms with Gasteiger partial charge in [0.2, 0.25) is 0 Å². The minimum absolute atomic E-state index is 0.0281. The Hall–Kier alpha value is -3.61. The standard InChI is InChI=1S/C18H15F3N6O3S/c1-26-10-23-25-17(26)31-15-7-6-11(8-14(15)27(29)30)16(28)24-13-5-3-2-4-12(13)22-9-18(19,20)21/h2-8,10,22H,9H2,1H3,(H,24,28). The van der Waals surface area contributed by atoms with Crippen molar-refractivity contribution in [3.8, 4) is 0 Å². The lowest BCUT2D eigenvalue weighted by atomic mass is 10.1. The van der Waals surface area contributed by atoms with E-state index in [0.29, 0.717) is 5.16 Å². The predicted molar refractivity (Wildman–Crippen MR) is 107 cm³/mol. The highest BCUT2D eigenvalue weighted by Crippen LogP contribution is 2.34. The molecule has 0 aliphatic carbocycles. The first-order valence-corrected chi connectivity index (χ1v) is 9.47. The van der Waals surface area contributed by atoms with Crippen LogP contribution in [0.2, 0.25) is 0 Å². The molecule has 3 aromatic rings. The number of benzene rings is 2. The SMILES string of the molecule is Cn1cnnc1Sc1ccc(C(=O)Nc2ccccc2NCC(F)(F)F)cc1[N+](=O)[O-]. The third kappa shape index (κ3) is 5.72. The maximum absolute atomic E-state index is 12.6. The number of rotatable bonds is 7. The monoisotopic (exact) mass is 452 g/mol. The molecule has 9 nitrogen and oxygen atoms in total. The van der Waals surface area contributed by atoms with E-state index in [2.05, 4.69) is 20.8 Å². The van der Waals surface area contributed by atoms with Crippen molar-refractivity contribution in [1.29, 1.82) is 0 Å². The Bertz CT molecular complexity index is 1120. The Morgan fingerprint density at radius 1 is 1.23 bits per heavy atom. The topological polar surface area (TPSA) is 115 Å². The van der Waals surface area contributed by atoms with Crippen LogP contribution in [0.4, 0.5) is 30.2 Å². The van der Waals surface area contributed by atoms with Gasteiger partial charge in [-0.3, -0.25) is 14.9 Å². The molecule has 2 N–H and O–H groups in total. The summed E-state index contributed by atoms with van der Waals surface area (Å²) in [6, 6.07) is 9.73. The first-order valence-electron chi connectivity index (χ1n) is 8.65. The second-order valence-corrected chi connectivity index (χ2v) is 7.24. The highest BCUT2D eigenvalue weighted by molar-refractivity contribution is 7.99. The highest BCUT2D eigenvalue weighted by Gasteiger charge is 2.27. The maximum Gasteiger partial charge on any atom is 0.405 e. The van der Waals surface area contributed by atoms with E-state index < -0.39 is 23.6 Å². The van der Waals surface area contributed by atoms with Gasteiger partial charge >= 0.3 is 6.18 Å². The number of hydrogen-bond acceptors (Lipinski definition) is 7. The largest absolute Gasteiger partial charge is 0.405 e. The van der Waals surface area contributed by atoms with Crippen LogP contribution in [-0.2, 0) is 7.05 Å². The van der Waals surface area contributed by atoms with E-state index in [9.17, 15) is 28.1 Å². The summed E-state index contributed by atoms with van der Waals surface area (Å²) in [4.78, 5) is 23.7. The number of carbonyl (C=O) groups is 1. The second-order valence-electron chi connectivity index (χ2n) is 6.23. The molecular formula is C18H15F3N6O3S. The number of alkyl halides is 3. The van der Waals surface area contributed by atoms with Gasteiger partial charge in [0.05, 0.1) is 21.2 Å². The van der Waals surface area contributed by atoms with Crippen LogP contribution >= 0.6 is 11.8 Å². The van der Waals surface area contributed by atoms with Gasteiger partial charge in [0.1, 0.15) is 12.9 Å². The van der Waals surface area contributed by atoms with Crippen LogP contribution in [0.3, 0.4) is 0 Å². The molecule has 3 rings (SSSR count). The molecule has 0 fully saturated rings. The number of aromatic nitrogens is 3. The molecule has 1 amide bonds. The normalized spacial score (nSPS) is 11.2. The number of nitro groups is 1. The van der Waals surface area contributed by atoms with Crippen LogP contribution in [0.15, 0.2) is 58.8 Å². The number of amides is 1. The quantitative estimate of drug-likeness (QED) is 0.410. The van der Waals surface area contributed by atoms with E-state index in [-0.39, 0.29) is 27.5 Å². The Kier molecular flexibility index (Phi) is 6.44. The average Bonchev–Trinajstić information content (AvgIpc) is 3.11. The highest BCUT2D eigenvalue weighted by atomic mass is 32.2. The molecule has 0 saturated carbocycles. The van der Waals surface area contributed by atoms with Crippen molar-refractivity contribution >= 4 is 34.7 Å². The Balaban J connectivity index is 1.82. The summed E-state index contributed by atoms with van der Waals surface area (Å²) in [6.07, 6.45) is -2.99. The first kappa shape index (κ1) is 22.1. The minimum atomic E-state index is -4.44. The Morgan fingerprint density at radius 3 is 2.55 bits per heavy atom. The Morgan fingerprint density at radius 2 is 1.94 bits per heavy atom. The number of anilines is 2. The third-order valence-corrected chi connectivity index (χ3v) is 5.06. The van der Waals surface area contributed by atoms with Crippen molar-refractivity contribution in [2.75, 3.05) is 17.2 Å². The number of hydrogen-bond donors (Lipinski definition) is 2. The van der Waals surface area contributed by atoms with Gasteiger partial charge in [-0.05, 0) is 36.0 Å². The van der Waals surface area contributed by atoms with Crippen LogP contribution in [0.25, 0.3) is 0 Å². The summed E-state index contributed by atoms with van der Waals surface area (Å²) < 4.78 is 39.1. The fraction of sp³-hybridized carbons (Fsp3) is 0.167. The molecule has 0 unspecified atom stereocenters. The van der Waals surface area contributed by atoms with Crippen LogP contribution in [-0.4, -0.2) is 38.3 Å². The molecular weight excluding hydrogens is 437 g/mol. The van der Waals surface area contributed by atoms with Gasteiger partial charge < -0.3 is 15.2 Å². The molecule has 0 bridgehead atoms. The number of nitro benzene ring substituents is 1. The molecule has 0 atom stereocenters. The lowest BCUT2D eigenvalue weighted by Gasteiger charge is -2.14. The average molecular weight is 452 g/mol. The van der Waals surface area contributed by atoms with Crippen LogP contribution < -0.4 is 10.6 Å². The number of nitrogens with one attached hydrogen (secondary N) is 2. The number of halogens is 3. The molecule has 0 aliphatic heterocycles. The molecule has 13 heteroatoms. The second kappa shape index (κ2) is 9.04. The summed E-state index contributed by atoms with van der Waals surface area (Å²) in [7, 11) is 1.68. The lowest BCUT2D eigenvalue weighted by Crippen LogP contribution is -2.22. The van der Waals surface area contributed by atoms with E-state index in [4.69, 9.17) is 0 Å². The van der Waals surface area contributed by atoms with Crippen LogP contribution in [0, 0.1) is 10.1 Å². The van der Waals surface area contributed by atoms with Crippen molar-refractivity contribution in [3.05, 3.63) is 64.5 Å². The summed E-state index contributed by atoms with van der Waals surface area (Å²) >= 11 is 1.01. The van der Waals surface area contributed by atoms with Crippen molar-refractivity contribution in [2.45, 2.75) is 16.2 Å². The van der Waals surface area contributed by atoms with Crippen molar-refractivity contribution in [3.63, 3.8) is 0 Å². The molecule has 1 aromatic heterocycles. The first-order chi connectivity index (χ1) is 14.6. The van der Waals surface area contributed by atoms with E-state index in [1.54, 1.807) is 11.6 Å². The number of aryl methyl sites for hydroxylation is 1. The van der Waals surface area contributed by atoms with E-state index in [1.165, 1.54) is 42.7 Å². The molecule has 0 radical (unpaired) electrons. The third-order valence-electron chi connectivity index (χ3n) is 3.94. The van der Waals surface area contributed by atoms with Gasteiger partial charge in [-0.2, -0.15) is 13.2 Å². The fourth-order valence-corrected chi connectivity index (χ4v) is 3.34. The molecule has 31 heavy (non-hydrogen) atoms. The van der Waals surface area contributed by atoms with Crippen LogP contribution in [0.1, 0.15) is 10.4 Å². The zero-order valence-electron chi connectivity index (χ0n) is 15.9. The zero-order valence-corrected chi connectivity index (χ0v) is 16.7. The van der Waals surface area contributed by atoms with Gasteiger partial charge in [0.25, 0.3) is 11.6 Å². The molecule has 2 aromatic carbocycles. The van der Waals surface area contributed by atoms with E-state index >= 15 is 0 Å². The van der Waals surface area contributed by atoms with Gasteiger partial charge in [-0.15, -0.1) is 10.2 Å². The van der Waals surface area contributed by atoms with Gasteiger partial charge in [0.15, 0.2) is 5.16 Å². The summed E-state index contributed by atoms with van der Waals surface area (Å²) in [5.41, 5.74) is -0.169. The molecule has 0 saturated heterocycles. The summed E-state index contributed by atoms with van der Waals surface area (Å²) in [5.74, 6) is -0.709. The Labute approximate surface area is 177 Å². The summed E-state index contributed by atoms with van der Waals surface area (Å²) in [5, 5.41) is 24.2. The van der Waals surface area contributed by atoms with Crippen LogP contribution in [0.5, 0.6) is 0 Å². The lowest BCUT2D eigenvalue weighted by molar-refractivity contribution is -0.387. The van der Waals surface area contributed by atoms with E-state index in [0.717, 1.165) is 17.8 Å². The van der Waals surface area contributed by atoms with Gasteiger partial charge in [-0.25, -0.2) is 0 Å². The maximum atomic E-state index is 12.6. The van der Waals surface area contributed by atoms with Gasteiger partial charge in [0, 0.05) is 18.7 Å². The number of nitrogens with zero attached hydrogens (tertiary/aromatic N) is 4. The summed E-state index contributed by atoms with van der Waals surface area (Å²) in [6.45, 7) is -1.28. The smallest absolute Gasteiger partial charge is 0.375 e. The minimum Gasteiger partial charge on any atom is -0.375 e. The molecule has 0 spiro atoms.